The van der Waals surface area contributed by atoms with Gasteiger partial charge in [-0.3, -0.25) is 9.69 Å². The molecule has 8 heteroatoms. The van der Waals surface area contributed by atoms with E-state index in [1.165, 1.54) is 11.1 Å². The number of β-amino-alcohol motifs (C(OH)–C–C–N with tert-alkyl or cyclic N) is 1. The third kappa shape index (κ3) is 6.47. The lowest BCUT2D eigenvalue weighted by molar-refractivity contribution is -0.122. The van der Waals surface area contributed by atoms with Gasteiger partial charge in [-0.25, -0.2) is 4.79 Å². The van der Waals surface area contributed by atoms with Crippen molar-refractivity contribution in [2.24, 2.45) is 0 Å². The Balaban J connectivity index is 0.000000878. The first kappa shape index (κ1) is 22.1. The van der Waals surface area contributed by atoms with E-state index in [0.29, 0.717) is 32.8 Å². The van der Waals surface area contributed by atoms with Gasteiger partial charge in [0.2, 0.25) is 0 Å². The summed E-state index contributed by atoms with van der Waals surface area (Å²) in [6.45, 7) is 6.54. The Hall–Kier alpha value is -2.16. The second-order valence-electron chi connectivity index (χ2n) is 6.95. The first-order chi connectivity index (χ1) is 13.6. The Bertz CT molecular complexity index is 604. The number of hydrogen-bond donors (Lipinski definition) is 3. The van der Waals surface area contributed by atoms with Crippen LogP contribution in [0.15, 0.2) is 24.3 Å². The molecule has 2 aliphatic heterocycles. The van der Waals surface area contributed by atoms with Crippen molar-refractivity contribution in [3.05, 3.63) is 35.4 Å². The van der Waals surface area contributed by atoms with Gasteiger partial charge >= 0.3 is 6.03 Å². The van der Waals surface area contributed by atoms with E-state index in [4.69, 9.17) is 14.6 Å². The van der Waals surface area contributed by atoms with E-state index in [1.807, 2.05) is 0 Å². The summed E-state index contributed by atoms with van der Waals surface area (Å²) in [7, 11) is 0. The Kier molecular flexibility index (Phi) is 9.19. The number of ether oxygens (including phenoxy) is 1. The van der Waals surface area contributed by atoms with Gasteiger partial charge in [-0.2, -0.15) is 0 Å². The zero-order valence-corrected chi connectivity index (χ0v) is 16.4. The zero-order valence-electron chi connectivity index (χ0n) is 16.4. The molecular weight excluding hydrogens is 362 g/mol. The number of carboxylic acid groups (broad SMARTS) is 1. The van der Waals surface area contributed by atoms with Crippen LogP contribution >= 0.6 is 0 Å². The van der Waals surface area contributed by atoms with Crippen molar-refractivity contribution in [3.63, 3.8) is 0 Å². The molecule has 0 bridgehead atoms. The van der Waals surface area contributed by atoms with E-state index in [1.54, 1.807) is 4.90 Å². The Morgan fingerprint density at radius 3 is 2.43 bits per heavy atom. The molecule has 2 amide bonds. The SMILES string of the molecule is CCc1ccc(CCNC(=O)N2C[C@H](O)[C@@H](N3CCOCC3)C2)cc1.O=CO. The number of hydrogen-bond acceptors (Lipinski definition) is 5. The molecule has 2 atom stereocenters. The molecule has 3 rings (SSSR count). The van der Waals surface area contributed by atoms with Crippen molar-refractivity contribution in [1.82, 2.24) is 15.1 Å². The van der Waals surface area contributed by atoms with E-state index in [-0.39, 0.29) is 18.5 Å². The van der Waals surface area contributed by atoms with Crippen molar-refractivity contribution in [2.45, 2.75) is 31.9 Å². The lowest BCUT2D eigenvalue weighted by Crippen LogP contribution is -2.49. The number of nitrogens with zero attached hydrogens (tertiary/aromatic N) is 2. The maximum absolute atomic E-state index is 12.4. The van der Waals surface area contributed by atoms with Crippen LogP contribution in [0.1, 0.15) is 18.1 Å². The number of amides is 2. The molecule has 2 aliphatic rings. The van der Waals surface area contributed by atoms with E-state index in [2.05, 4.69) is 41.4 Å². The molecule has 0 radical (unpaired) electrons. The van der Waals surface area contributed by atoms with Crippen LogP contribution in [0.4, 0.5) is 4.79 Å². The van der Waals surface area contributed by atoms with Crippen LogP contribution < -0.4 is 5.32 Å². The van der Waals surface area contributed by atoms with Gasteiger partial charge in [0.1, 0.15) is 0 Å². The number of urea groups is 1. The lowest BCUT2D eigenvalue weighted by Gasteiger charge is -2.33. The summed E-state index contributed by atoms with van der Waals surface area (Å²) in [5.74, 6) is 0. The van der Waals surface area contributed by atoms with E-state index >= 15 is 0 Å². The normalized spacial score (nSPS) is 22.3. The second-order valence-corrected chi connectivity index (χ2v) is 6.95. The summed E-state index contributed by atoms with van der Waals surface area (Å²) < 4.78 is 5.36. The predicted octanol–water partition coefficient (Wildman–Crippen LogP) is 0.579. The molecule has 2 heterocycles. The van der Waals surface area contributed by atoms with Gasteiger partial charge in [-0.05, 0) is 24.0 Å². The quantitative estimate of drug-likeness (QED) is 0.633. The molecule has 8 nitrogen and oxygen atoms in total. The molecule has 3 N–H and O–H groups in total. The van der Waals surface area contributed by atoms with E-state index in [0.717, 1.165) is 25.9 Å². The summed E-state index contributed by atoms with van der Waals surface area (Å²) in [6, 6.07) is 8.47. The first-order valence-electron chi connectivity index (χ1n) is 9.77. The summed E-state index contributed by atoms with van der Waals surface area (Å²) in [6.07, 6.45) is 1.38. The number of morpholine rings is 1. The number of carbonyl (C=O) groups excluding carboxylic acids is 1. The van der Waals surface area contributed by atoms with Gasteiger partial charge in [0, 0.05) is 32.7 Å². The van der Waals surface area contributed by atoms with Crippen molar-refractivity contribution in [2.75, 3.05) is 45.9 Å². The third-order valence-electron chi connectivity index (χ3n) is 5.18. The van der Waals surface area contributed by atoms with Crippen LogP contribution in [0.5, 0.6) is 0 Å². The highest BCUT2D eigenvalue weighted by Crippen LogP contribution is 2.17. The van der Waals surface area contributed by atoms with E-state index in [9.17, 15) is 9.90 Å². The van der Waals surface area contributed by atoms with Crippen molar-refractivity contribution in [3.8, 4) is 0 Å². The number of rotatable bonds is 5. The fraction of sp³-hybridized carbons (Fsp3) is 0.600. The zero-order chi connectivity index (χ0) is 20.4. The predicted molar refractivity (Wildman–Crippen MR) is 105 cm³/mol. The fourth-order valence-corrected chi connectivity index (χ4v) is 3.57. The Morgan fingerprint density at radius 1 is 1.21 bits per heavy atom. The average molecular weight is 393 g/mol. The van der Waals surface area contributed by atoms with Crippen LogP contribution in [0.3, 0.4) is 0 Å². The minimum Gasteiger partial charge on any atom is -0.483 e. The summed E-state index contributed by atoms with van der Waals surface area (Å²) in [5, 5.41) is 20.2. The molecule has 28 heavy (non-hydrogen) atoms. The molecule has 1 aromatic carbocycles. The molecular formula is C20H31N3O5. The van der Waals surface area contributed by atoms with Gasteiger partial charge in [-0.1, -0.05) is 31.2 Å². The molecule has 2 fully saturated rings. The van der Waals surface area contributed by atoms with Crippen molar-refractivity contribution < 1.29 is 24.5 Å². The topological polar surface area (TPSA) is 102 Å². The largest absolute Gasteiger partial charge is 0.483 e. The number of benzene rings is 1. The smallest absolute Gasteiger partial charge is 0.317 e. The Labute approximate surface area is 166 Å². The van der Waals surface area contributed by atoms with Crippen LogP contribution in [-0.2, 0) is 22.4 Å². The molecule has 0 saturated carbocycles. The van der Waals surface area contributed by atoms with Gasteiger partial charge in [0.15, 0.2) is 0 Å². The maximum atomic E-state index is 12.4. The van der Waals surface area contributed by atoms with Crippen molar-refractivity contribution >= 4 is 12.5 Å². The van der Waals surface area contributed by atoms with Crippen LogP contribution in [0.2, 0.25) is 0 Å². The number of aryl methyl sites for hydroxylation is 1. The number of carbonyl (C=O) groups is 2. The molecule has 0 aromatic heterocycles. The number of aliphatic hydroxyl groups excluding tert-OH is 1. The van der Waals surface area contributed by atoms with E-state index < -0.39 is 6.10 Å². The van der Waals surface area contributed by atoms with Gasteiger partial charge < -0.3 is 25.2 Å². The standard InChI is InChI=1S/C19H29N3O3.CH2O2/c1-2-15-3-5-16(6-4-15)7-8-20-19(24)22-13-17(18(23)14-22)21-9-11-25-12-10-21;2-1-3/h3-6,17-18,23H,2,7-14H2,1H3,(H,20,24);1H,(H,2,3)/t17-,18-;/m0./s1. The van der Waals surface area contributed by atoms with Gasteiger partial charge in [0.25, 0.3) is 6.47 Å². The monoisotopic (exact) mass is 393 g/mol. The second kappa shape index (κ2) is 11.6. The lowest BCUT2D eigenvalue weighted by atomic mass is 10.1. The molecule has 0 aliphatic carbocycles. The summed E-state index contributed by atoms with van der Waals surface area (Å²) in [5.41, 5.74) is 2.55. The fourth-order valence-electron chi connectivity index (χ4n) is 3.57. The highest BCUT2D eigenvalue weighted by molar-refractivity contribution is 5.74. The molecule has 156 valence electrons. The van der Waals surface area contributed by atoms with Crippen molar-refractivity contribution in [1.29, 1.82) is 0 Å². The van der Waals surface area contributed by atoms with Crippen LogP contribution in [0.25, 0.3) is 0 Å². The molecule has 0 spiro atoms. The van der Waals surface area contributed by atoms with Crippen LogP contribution in [-0.4, -0.2) is 90.6 Å². The minimum absolute atomic E-state index is 0.0243. The highest BCUT2D eigenvalue weighted by Gasteiger charge is 2.37. The number of nitrogens with one attached hydrogen (secondary N) is 1. The van der Waals surface area contributed by atoms with Crippen LogP contribution in [0, 0.1) is 0 Å². The minimum atomic E-state index is -0.481. The summed E-state index contributed by atoms with van der Waals surface area (Å²) >= 11 is 0. The average Bonchev–Trinajstić information content (AvgIpc) is 3.11. The van der Waals surface area contributed by atoms with Gasteiger partial charge in [0.05, 0.1) is 25.4 Å². The summed E-state index contributed by atoms with van der Waals surface area (Å²) in [4.78, 5) is 24.7. The molecule has 1 aromatic rings. The van der Waals surface area contributed by atoms with Gasteiger partial charge in [-0.15, -0.1) is 0 Å². The maximum Gasteiger partial charge on any atom is 0.317 e. The Morgan fingerprint density at radius 2 is 1.82 bits per heavy atom. The third-order valence-corrected chi connectivity index (χ3v) is 5.18. The first-order valence-corrected chi connectivity index (χ1v) is 9.77. The molecule has 2 saturated heterocycles. The number of aliphatic hydroxyl groups is 1. The highest BCUT2D eigenvalue weighted by atomic mass is 16.5. The number of likely N-dealkylation sites (tertiary alicyclic amines) is 1. The molecule has 0 unspecified atom stereocenters.